The molecule has 0 atom stereocenters. The smallest absolute Gasteiger partial charge is 0.317 e. The van der Waals surface area contributed by atoms with Crippen molar-refractivity contribution < 1.29 is 9.21 Å². The zero-order valence-electron chi connectivity index (χ0n) is 7.41. The van der Waals surface area contributed by atoms with Crippen molar-refractivity contribution in [2.24, 2.45) is 0 Å². The zero-order valence-corrected chi connectivity index (χ0v) is 7.41. The lowest BCUT2D eigenvalue weighted by atomic mass is 10.5. The van der Waals surface area contributed by atoms with E-state index in [1.165, 1.54) is 0 Å². The third-order valence-electron chi connectivity index (χ3n) is 1.94. The third kappa shape index (κ3) is 1.63. The molecule has 0 saturated carbocycles. The normalized spacial score (nSPS) is 16.4. The van der Waals surface area contributed by atoms with Crippen molar-refractivity contribution in [3.63, 3.8) is 0 Å². The van der Waals surface area contributed by atoms with Crippen molar-refractivity contribution in [2.75, 3.05) is 13.1 Å². The Balaban J connectivity index is 2.01. The second kappa shape index (κ2) is 3.08. The molecule has 70 valence electrons. The van der Waals surface area contributed by atoms with Crippen LogP contribution in [0.3, 0.4) is 0 Å². The first-order valence-corrected chi connectivity index (χ1v) is 4.20. The van der Waals surface area contributed by atoms with Crippen LogP contribution in [-0.2, 0) is 6.54 Å². The summed E-state index contributed by atoms with van der Waals surface area (Å²) < 4.78 is 5.26. The van der Waals surface area contributed by atoms with Gasteiger partial charge in [-0.05, 0) is 6.92 Å². The Hall–Kier alpha value is -1.52. The average Bonchev–Trinajstić information content (AvgIpc) is 2.64. The molecule has 1 fully saturated rings. The molecule has 2 heterocycles. The van der Waals surface area contributed by atoms with E-state index in [2.05, 4.69) is 10.3 Å². The van der Waals surface area contributed by atoms with E-state index in [1.54, 1.807) is 11.1 Å². The van der Waals surface area contributed by atoms with E-state index >= 15 is 0 Å². The Morgan fingerprint density at radius 2 is 2.62 bits per heavy atom. The van der Waals surface area contributed by atoms with Gasteiger partial charge in [-0.1, -0.05) is 0 Å². The maximum atomic E-state index is 11.1. The number of carbonyl (C=O) groups is 1. The summed E-state index contributed by atoms with van der Waals surface area (Å²) in [6, 6.07) is -0.0455. The SMILES string of the molecule is Cc1cnc(CN2CCNC2=O)o1. The van der Waals surface area contributed by atoms with Crippen molar-refractivity contribution in [2.45, 2.75) is 13.5 Å². The third-order valence-corrected chi connectivity index (χ3v) is 1.94. The number of hydrogen-bond donors (Lipinski definition) is 1. The quantitative estimate of drug-likeness (QED) is 0.723. The summed E-state index contributed by atoms with van der Waals surface area (Å²) >= 11 is 0. The molecule has 13 heavy (non-hydrogen) atoms. The number of urea groups is 1. The van der Waals surface area contributed by atoms with Gasteiger partial charge in [0.05, 0.1) is 12.7 Å². The van der Waals surface area contributed by atoms with Crippen molar-refractivity contribution >= 4 is 6.03 Å². The van der Waals surface area contributed by atoms with E-state index in [1.807, 2.05) is 6.92 Å². The van der Waals surface area contributed by atoms with Gasteiger partial charge in [0.25, 0.3) is 0 Å². The second-order valence-electron chi connectivity index (χ2n) is 3.02. The van der Waals surface area contributed by atoms with Crippen LogP contribution in [0.2, 0.25) is 0 Å². The number of carbonyl (C=O) groups excluding carboxylic acids is 1. The Bertz CT molecular complexity index is 321. The largest absolute Gasteiger partial charge is 0.444 e. The van der Waals surface area contributed by atoms with Crippen molar-refractivity contribution in [3.05, 3.63) is 17.8 Å². The highest BCUT2D eigenvalue weighted by Crippen LogP contribution is 2.07. The van der Waals surface area contributed by atoms with Gasteiger partial charge in [0, 0.05) is 13.1 Å². The zero-order chi connectivity index (χ0) is 9.26. The Morgan fingerprint density at radius 3 is 3.15 bits per heavy atom. The van der Waals surface area contributed by atoms with Crippen molar-refractivity contribution in [1.29, 1.82) is 0 Å². The van der Waals surface area contributed by atoms with Gasteiger partial charge in [-0.3, -0.25) is 0 Å². The lowest BCUT2D eigenvalue weighted by Crippen LogP contribution is -2.27. The summed E-state index contributed by atoms with van der Waals surface area (Å²) in [5.74, 6) is 1.36. The Labute approximate surface area is 75.7 Å². The maximum absolute atomic E-state index is 11.1. The molecular formula is C8H11N3O2. The summed E-state index contributed by atoms with van der Waals surface area (Å²) in [6.07, 6.45) is 1.66. The Morgan fingerprint density at radius 1 is 1.77 bits per heavy atom. The van der Waals surface area contributed by atoms with E-state index < -0.39 is 0 Å². The van der Waals surface area contributed by atoms with Crippen LogP contribution >= 0.6 is 0 Å². The minimum Gasteiger partial charge on any atom is -0.444 e. The van der Waals surface area contributed by atoms with Crippen molar-refractivity contribution in [1.82, 2.24) is 15.2 Å². The predicted octanol–water partition coefficient (Wildman–Crippen LogP) is 0.508. The van der Waals surface area contributed by atoms with Gasteiger partial charge < -0.3 is 14.6 Å². The molecule has 0 radical (unpaired) electrons. The maximum Gasteiger partial charge on any atom is 0.317 e. The molecule has 1 aromatic heterocycles. The number of oxazole rings is 1. The molecule has 0 aliphatic carbocycles. The van der Waals surface area contributed by atoms with E-state index in [9.17, 15) is 4.79 Å². The molecule has 1 aliphatic heterocycles. The van der Waals surface area contributed by atoms with E-state index in [0.29, 0.717) is 19.0 Å². The molecular weight excluding hydrogens is 170 g/mol. The number of hydrogen-bond acceptors (Lipinski definition) is 3. The lowest BCUT2D eigenvalue weighted by Gasteiger charge is -2.10. The van der Waals surface area contributed by atoms with Crippen LogP contribution in [0, 0.1) is 6.92 Å². The van der Waals surface area contributed by atoms with Crippen LogP contribution in [0.4, 0.5) is 4.79 Å². The van der Waals surface area contributed by atoms with Crippen LogP contribution in [0.25, 0.3) is 0 Å². The summed E-state index contributed by atoms with van der Waals surface area (Å²) in [5, 5.41) is 2.71. The summed E-state index contributed by atoms with van der Waals surface area (Å²) in [7, 11) is 0. The van der Waals surface area contributed by atoms with Gasteiger partial charge in [-0.25, -0.2) is 9.78 Å². The molecule has 1 N–H and O–H groups in total. The van der Waals surface area contributed by atoms with Gasteiger partial charge in [-0.15, -0.1) is 0 Å². The summed E-state index contributed by atoms with van der Waals surface area (Å²) in [5.41, 5.74) is 0. The molecule has 0 bridgehead atoms. The van der Waals surface area contributed by atoms with Crippen molar-refractivity contribution in [3.8, 4) is 0 Å². The minimum atomic E-state index is -0.0455. The van der Waals surface area contributed by atoms with Crippen LogP contribution < -0.4 is 5.32 Å². The predicted molar refractivity (Wildman–Crippen MR) is 45.0 cm³/mol. The molecule has 5 heteroatoms. The molecule has 1 aliphatic rings. The molecule has 0 spiro atoms. The molecule has 5 nitrogen and oxygen atoms in total. The summed E-state index contributed by atoms with van der Waals surface area (Å²) in [6.45, 7) is 3.72. The highest BCUT2D eigenvalue weighted by Gasteiger charge is 2.20. The fourth-order valence-electron chi connectivity index (χ4n) is 1.30. The van der Waals surface area contributed by atoms with Crippen LogP contribution in [0.15, 0.2) is 10.6 Å². The van der Waals surface area contributed by atoms with Crippen LogP contribution in [-0.4, -0.2) is 29.0 Å². The van der Waals surface area contributed by atoms with Gasteiger partial charge in [-0.2, -0.15) is 0 Å². The molecule has 2 amide bonds. The summed E-state index contributed by atoms with van der Waals surface area (Å²) in [4.78, 5) is 16.8. The average molecular weight is 181 g/mol. The number of amides is 2. The Kier molecular flexibility index (Phi) is 1.92. The number of aryl methyl sites for hydroxylation is 1. The first kappa shape index (κ1) is 8.10. The first-order chi connectivity index (χ1) is 6.25. The van der Waals surface area contributed by atoms with E-state index in [4.69, 9.17) is 4.42 Å². The van der Waals surface area contributed by atoms with Crippen LogP contribution in [0.5, 0.6) is 0 Å². The fourth-order valence-corrected chi connectivity index (χ4v) is 1.30. The number of nitrogens with zero attached hydrogens (tertiary/aromatic N) is 2. The van der Waals surface area contributed by atoms with Gasteiger partial charge >= 0.3 is 6.03 Å². The fraction of sp³-hybridized carbons (Fsp3) is 0.500. The molecule has 0 aromatic carbocycles. The first-order valence-electron chi connectivity index (χ1n) is 4.20. The molecule has 1 saturated heterocycles. The standard InChI is InChI=1S/C8H11N3O2/c1-6-4-10-7(13-6)5-11-3-2-9-8(11)12/h4H,2-3,5H2,1H3,(H,9,12). The number of aromatic nitrogens is 1. The minimum absolute atomic E-state index is 0.0455. The van der Waals surface area contributed by atoms with E-state index in [-0.39, 0.29) is 6.03 Å². The van der Waals surface area contributed by atoms with E-state index in [0.717, 1.165) is 12.3 Å². The lowest BCUT2D eigenvalue weighted by molar-refractivity contribution is 0.210. The van der Waals surface area contributed by atoms with Gasteiger partial charge in [0.15, 0.2) is 0 Å². The second-order valence-corrected chi connectivity index (χ2v) is 3.02. The molecule has 1 aromatic rings. The van der Waals surface area contributed by atoms with Crippen LogP contribution in [0.1, 0.15) is 11.7 Å². The number of nitrogens with one attached hydrogen (secondary N) is 1. The highest BCUT2D eigenvalue weighted by molar-refractivity contribution is 5.75. The monoisotopic (exact) mass is 181 g/mol. The van der Waals surface area contributed by atoms with Gasteiger partial charge in [0.2, 0.25) is 5.89 Å². The van der Waals surface area contributed by atoms with Gasteiger partial charge in [0.1, 0.15) is 5.76 Å². The molecule has 0 unspecified atom stereocenters. The molecule has 2 rings (SSSR count). The topological polar surface area (TPSA) is 58.4 Å². The highest BCUT2D eigenvalue weighted by atomic mass is 16.4. The number of rotatable bonds is 2.